The monoisotopic (exact) mass is 413 g/mol. The number of halogens is 1. The molecule has 1 heterocycles. The van der Waals surface area contributed by atoms with E-state index in [-0.39, 0.29) is 17.9 Å². The van der Waals surface area contributed by atoms with Crippen LogP contribution in [0, 0.1) is 0 Å². The lowest BCUT2D eigenvalue weighted by Gasteiger charge is -2.28. The topological polar surface area (TPSA) is 61.4 Å². The highest BCUT2D eigenvalue weighted by Crippen LogP contribution is 2.26. The van der Waals surface area contributed by atoms with Crippen LogP contribution < -0.4 is 10.6 Å². The van der Waals surface area contributed by atoms with Gasteiger partial charge in [0.15, 0.2) is 0 Å². The van der Waals surface area contributed by atoms with Crippen molar-refractivity contribution in [3.8, 4) is 0 Å². The van der Waals surface area contributed by atoms with E-state index in [4.69, 9.17) is 11.6 Å². The minimum absolute atomic E-state index is 0.00480. The second kappa shape index (κ2) is 11.0. The molecule has 1 aliphatic rings. The fraction of sp³-hybridized carbons (Fsp3) is 0.391. The van der Waals surface area contributed by atoms with E-state index in [0.717, 1.165) is 18.7 Å². The number of hydrogen-bond acceptors (Lipinski definition) is 3. The second-order valence-electron chi connectivity index (χ2n) is 7.34. The van der Waals surface area contributed by atoms with Crippen molar-refractivity contribution < 1.29 is 9.59 Å². The van der Waals surface area contributed by atoms with Crippen LogP contribution in [-0.2, 0) is 4.79 Å². The number of likely N-dealkylation sites (tertiary alicyclic amines) is 1. The number of benzene rings is 2. The van der Waals surface area contributed by atoms with E-state index >= 15 is 0 Å². The van der Waals surface area contributed by atoms with Gasteiger partial charge in [-0.3, -0.25) is 14.5 Å². The summed E-state index contributed by atoms with van der Waals surface area (Å²) in [6, 6.07) is 17.1. The molecule has 1 aliphatic heterocycles. The number of amides is 2. The zero-order valence-electron chi connectivity index (χ0n) is 16.6. The van der Waals surface area contributed by atoms with Crippen molar-refractivity contribution in [2.24, 2.45) is 0 Å². The summed E-state index contributed by atoms with van der Waals surface area (Å²) >= 11 is 6.17. The highest BCUT2D eigenvalue weighted by atomic mass is 35.5. The van der Waals surface area contributed by atoms with Gasteiger partial charge in [0.1, 0.15) is 0 Å². The first kappa shape index (κ1) is 21.3. The van der Waals surface area contributed by atoms with E-state index in [1.165, 1.54) is 12.8 Å². The van der Waals surface area contributed by atoms with Gasteiger partial charge in [-0.2, -0.15) is 0 Å². The molecule has 0 aliphatic carbocycles. The van der Waals surface area contributed by atoms with E-state index < -0.39 is 0 Å². The Bertz CT molecular complexity index is 807. The number of rotatable bonds is 9. The van der Waals surface area contributed by atoms with Crippen molar-refractivity contribution in [1.82, 2.24) is 15.5 Å². The van der Waals surface area contributed by atoms with Gasteiger partial charge >= 0.3 is 0 Å². The van der Waals surface area contributed by atoms with Crippen LogP contribution in [0.15, 0.2) is 54.6 Å². The number of nitrogens with zero attached hydrogens (tertiary/aromatic N) is 1. The third kappa shape index (κ3) is 6.58. The van der Waals surface area contributed by atoms with Crippen LogP contribution in [0.4, 0.5) is 0 Å². The van der Waals surface area contributed by atoms with Gasteiger partial charge in [0, 0.05) is 30.1 Å². The van der Waals surface area contributed by atoms with E-state index in [0.29, 0.717) is 36.5 Å². The summed E-state index contributed by atoms with van der Waals surface area (Å²) < 4.78 is 0. The van der Waals surface area contributed by atoms with E-state index in [1.807, 2.05) is 36.4 Å². The molecule has 2 aromatic rings. The Morgan fingerprint density at radius 1 is 1.00 bits per heavy atom. The van der Waals surface area contributed by atoms with E-state index in [2.05, 4.69) is 21.6 Å². The molecule has 0 bridgehead atoms. The number of carbonyl (C=O) groups is 2. The summed E-state index contributed by atoms with van der Waals surface area (Å²) in [4.78, 5) is 26.7. The zero-order chi connectivity index (χ0) is 20.5. The van der Waals surface area contributed by atoms with Crippen LogP contribution in [0.1, 0.15) is 47.6 Å². The van der Waals surface area contributed by atoms with Crippen LogP contribution >= 0.6 is 11.6 Å². The molecule has 5 nitrogen and oxygen atoms in total. The lowest BCUT2D eigenvalue weighted by Crippen LogP contribution is -2.37. The molecule has 154 valence electrons. The van der Waals surface area contributed by atoms with Crippen molar-refractivity contribution >= 4 is 23.4 Å². The minimum atomic E-state index is -0.110. The van der Waals surface area contributed by atoms with Gasteiger partial charge in [0.25, 0.3) is 5.91 Å². The van der Waals surface area contributed by atoms with Gasteiger partial charge in [-0.15, -0.1) is 0 Å². The highest BCUT2D eigenvalue weighted by molar-refractivity contribution is 6.30. The zero-order valence-corrected chi connectivity index (χ0v) is 17.3. The maximum atomic E-state index is 12.3. The minimum Gasteiger partial charge on any atom is -0.354 e. The Morgan fingerprint density at radius 2 is 1.76 bits per heavy atom. The Morgan fingerprint density at radius 3 is 2.48 bits per heavy atom. The average molecular weight is 414 g/mol. The fourth-order valence-corrected chi connectivity index (χ4v) is 3.86. The molecule has 1 unspecified atom stereocenters. The van der Waals surface area contributed by atoms with Gasteiger partial charge in [0.05, 0.1) is 6.04 Å². The first-order chi connectivity index (χ1) is 14.1. The Kier molecular flexibility index (Phi) is 8.08. The summed E-state index contributed by atoms with van der Waals surface area (Å²) in [5, 5.41) is 6.63. The summed E-state index contributed by atoms with van der Waals surface area (Å²) in [6.07, 6.45) is 3.37. The van der Waals surface area contributed by atoms with Crippen LogP contribution in [0.2, 0.25) is 5.02 Å². The first-order valence-electron chi connectivity index (χ1n) is 10.2. The van der Waals surface area contributed by atoms with Crippen LogP contribution in [0.3, 0.4) is 0 Å². The Balaban J connectivity index is 1.43. The second-order valence-corrected chi connectivity index (χ2v) is 7.78. The van der Waals surface area contributed by atoms with Crippen molar-refractivity contribution in [1.29, 1.82) is 0 Å². The van der Waals surface area contributed by atoms with Crippen LogP contribution in [0.5, 0.6) is 0 Å². The van der Waals surface area contributed by atoms with Crippen molar-refractivity contribution in [2.75, 3.05) is 26.2 Å². The van der Waals surface area contributed by atoms with Crippen molar-refractivity contribution in [3.63, 3.8) is 0 Å². The van der Waals surface area contributed by atoms with Gasteiger partial charge in [0.2, 0.25) is 5.91 Å². The fourth-order valence-electron chi connectivity index (χ4n) is 3.67. The molecule has 0 aromatic heterocycles. The molecule has 1 atom stereocenters. The van der Waals surface area contributed by atoms with Gasteiger partial charge in [-0.25, -0.2) is 0 Å². The van der Waals surface area contributed by atoms with E-state index in [1.54, 1.807) is 12.1 Å². The maximum Gasteiger partial charge on any atom is 0.251 e. The first-order valence-corrected chi connectivity index (χ1v) is 10.6. The molecule has 2 aromatic carbocycles. The van der Waals surface area contributed by atoms with Gasteiger partial charge in [-0.1, -0.05) is 41.9 Å². The lowest BCUT2D eigenvalue weighted by atomic mass is 10.1. The summed E-state index contributed by atoms with van der Waals surface area (Å²) in [6.45, 7) is 3.12. The maximum absolute atomic E-state index is 12.3. The molecule has 29 heavy (non-hydrogen) atoms. The van der Waals surface area contributed by atoms with Crippen molar-refractivity contribution in [2.45, 2.75) is 31.7 Å². The SMILES string of the molecule is O=C(CCCNC(=O)c1ccccc1)NCC(c1cccc(Cl)c1)N1CCCC1. The molecule has 0 saturated carbocycles. The van der Waals surface area contributed by atoms with Gasteiger partial charge in [-0.05, 0) is 62.2 Å². The predicted octanol–water partition coefficient (Wildman–Crippen LogP) is 3.80. The Hall–Kier alpha value is -2.37. The molecule has 1 fully saturated rings. The quantitative estimate of drug-likeness (QED) is 0.614. The van der Waals surface area contributed by atoms with Crippen LogP contribution in [-0.4, -0.2) is 42.9 Å². The lowest BCUT2D eigenvalue weighted by molar-refractivity contribution is -0.121. The molecule has 3 rings (SSSR count). The molecular weight excluding hydrogens is 386 g/mol. The smallest absolute Gasteiger partial charge is 0.251 e. The largest absolute Gasteiger partial charge is 0.354 e. The molecular formula is C23H28ClN3O2. The normalized spacial score (nSPS) is 15.1. The molecule has 0 spiro atoms. The number of nitrogens with one attached hydrogen (secondary N) is 2. The van der Waals surface area contributed by atoms with Crippen molar-refractivity contribution in [3.05, 3.63) is 70.7 Å². The molecule has 2 amide bonds. The summed E-state index contributed by atoms with van der Waals surface area (Å²) in [5.41, 5.74) is 1.77. The molecule has 1 saturated heterocycles. The third-order valence-electron chi connectivity index (χ3n) is 5.21. The van der Waals surface area contributed by atoms with Gasteiger partial charge < -0.3 is 10.6 Å². The predicted molar refractivity (Wildman–Crippen MR) is 116 cm³/mol. The van der Waals surface area contributed by atoms with E-state index in [9.17, 15) is 9.59 Å². The Labute approximate surface area is 177 Å². The molecule has 2 N–H and O–H groups in total. The van der Waals surface area contributed by atoms with Crippen LogP contribution in [0.25, 0.3) is 0 Å². The summed E-state index contributed by atoms with van der Waals surface area (Å²) in [5.74, 6) is -0.105. The average Bonchev–Trinajstić information content (AvgIpc) is 3.26. The third-order valence-corrected chi connectivity index (χ3v) is 5.44. The highest BCUT2D eigenvalue weighted by Gasteiger charge is 2.24. The standard InChI is InChI=1S/C23H28ClN3O2/c24-20-11-6-10-19(16-20)21(27-14-4-5-15-27)17-26-22(28)12-7-13-25-23(29)18-8-2-1-3-9-18/h1-3,6,8-11,16,21H,4-5,7,12-15,17H2,(H,25,29)(H,26,28). The number of hydrogen-bond donors (Lipinski definition) is 2. The molecule has 0 radical (unpaired) electrons. The number of carbonyl (C=O) groups excluding carboxylic acids is 2. The summed E-state index contributed by atoms with van der Waals surface area (Å²) in [7, 11) is 0. The molecule has 6 heteroatoms.